The van der Waals surface area contributed by atoms with E-state index in [4.69, 9.17) is 4.74 Å². The molecule has 0 radical (unpaired) electrons. The van der Waals surface area contributed by atoms with Crippen molar-refractivity contribution in [2.45, 2.75) is 57.4 Å². The maximum absolute atomic E-state index is 13.0. The van der Waals surface area contributed by atoms with Crippen molar-refractivity contribution in [3.63, 3.8) is 0 Å². The van der Waals surface area contributed by atoms with Crippen LogP contribution in [0.1, 0.15) is 56.9 Å². The van der Waals surface area contributed by atoms with E-state index >= 15 is 0 Å². The van der Waals surface area contributed by atoms with Crippen LogP contribution in [-0.2, 0) is 9.53 Å². The number of amides is 1. The molecule has 2 aliphatic rings. The third-order valence-electron chi connectivity index (χ3n) is 5.72. The Morgan fingerprint density at radius 2 is 1.96 bits per heavy atom. The number of carbonyl (C=O) groups excluding carboxylic acids is 1. The van der Waals surface area contributed by atoms with Gasteiger partial charge in [0, 0.05) is 19.3 Å². The van der Waals surface area contributed by atoms with Crippen LogP contribution in [0.15, 0.2) is 24.3 Å². The van der Waals surface area contributed by atoms with E-state index in [0.29, 0.717) is 19.1 Å². The van der Waals surface area contributed by atoms with Gasteiger partial charge in [-0.1, -0.05) is 19.1 Å². The number of hydrogen-bond acceptors (Lipinski definition) is 2. The number of ether oxygens (including phenoxy) is 1. The zero-order chi connectivity index (χ0) is 16.3. The highest BCUT2D eigenvalue weighted by molar-refractivity contribution is 5.83. The van der Waals surface area contributed by atoms with Crippen LogP contribution in [0.25, 0.3) is 0 Å². The molecule has 3 rings (SSSR count). The summed E-state index contributed by atoms with van der Waals surface area (Å²) >= 11 is 0. The summed E-state index contributed by atoms with van der Waals surface area (Å²) in [6.45, 7) is 3.47. The second kappa shape index (κ2) is 7.00. The number of hydrogen-bond donors (Lipinski definition) is 1. The van der Waals surface area contributed by atoms with E-state index in [1.54, 1.807) is 0 Å². The van der Waals surface area contributed by atoms with Gasteiger partial charge in [-0.25, -0.2) is 4.39 Å². The third-order valence-corrected chi connectivity index (χ3v) is 5.72. The molecule has 0 unspecified atom stereocenters. The zero-order valence-electron chi connectivity index (χ0n) is 13.8. The molecule has 1 aliphatic heterocycles. The standard InChI is InChI=1S/C19H26FNO2/c1-2-19(9-11-23-12-10-19)18(22)21-17-8-5-15(13-17)14-3-6-16(20)7-4-14/h3-4,6-7,15,17H,2,5,8-13H2,1H3,(H,21,22)/t15-,17-/m1/s1. The minimum absolute atomic E-state index is 0.194. The fourth-order valence-corrected chi connectivity index (χ4v) is 3.99. The maximum Gasteiger partial charge on any atom is 0.226 e. The van der Waals surface area contributed by atoms with Crippen molar-refractivity contribution in [2.75, 3.05) is 13.2 Å². The highest BCUT2D eigenvalue weighted by Crippen LogP contribution is 2.37. The Bertz CT molecular complexity index is 537. The SMILES string of the molecule is CCC1(C(=O)N[C@@H]2CC[C@@H](c3ccc(F)cc3)C2)CCOCC1. The van der Waals surface area contributed by atoms with Gasteiger partial charge in [0.15, 0.2) is 0 Å². The second-order valence-electron chi connectivity index (χ2n) is 6.98. The molecule has 1 amide bonds. The van der Waals surface area contributed by atoms with E-state index < -0.39 is 0 Å². The summed E-state index contributed by atoms with van der Waals surface area (Å²) in [7, 11) is 0. The minimum atomic E-state index is -0.244. The van der Waals surface area contributed by atoms with E-state index in [9.17, 15) is 9.18 Å². The summed E-state index contributed by atoms with van der Waals surface area (Å²) in [5.41, 5.74) is 0.936. The van der Waals surface area contributed by atoms with Gasteiger partial charge in [0.25, 0.3) is 0 Å². The number of carbonyl (C=O) groups is 1. The van der Waals surface area contributed by atoms with E-state index in [0.717, 1.165) is 38.5 Å². The van der Waals surface area contributed by atoms with Crippen molar-refractivity contribution in [3.05, 3.63) is 35.6 Å². The fourth-order valence-electron chi connectivity index (χ4n) is 3.99. The van der Waals surface area contributed by atoms with Gasteiger partial charge in [-0.3, -0.25) is 4.79 Å². The Hall–Kier alpha value is -1.42. The minimum Gasteiger partial charge on any atom is -0.381 e. The average Bonchev–Trinajstić information content (AvgIpc) is 3.04. The van der Waals surface area contributed by atoms with Crippen LogP contribution < -0.4 is 5.32 Å². The van der Waals surface area contributed by atoms with Gasteiger partial charge in [0.05, 0.1) is 5.41 Å². The van der Waals surface area contributed by atoms with Crippen molar-refractivity contribution in [2.24, 2.45) is 5.41 Å². The van der Waals surface area contributed by atoms with Gasteiger partial charge >= 0.3 is 0 Å². The Morgan fingerprint density at radius 1 is 1.26 bits per heavy atom. The lowest BCUT2D eigenvalue weighted by molar-refractivity contribution is -0.137. The van der Waals surface area contributed by atoms with Crippen molar-refractivity contribution in [1.82, 2.24) is 5.32 Å². The molecule has 1 aromatic carbocycles. The molecule has 1 aliphatic carbocycles. The number of nitrogens with one attached hydrogen (secondary N) is 1. The van der Waals surface area contributed by atoms with Crippen molar-refractivity contribution < 1.29 is 13.9 Å². The number of halogens is 1. The molecular weight excluding hydrogens is 293 g/mol. The van der Waals surface area contributed by atoms with Crippen LogP contribution in [0.5, 0.6) is 0 Å². The molecule has 1 saturated carbocycles. The Kier molecular flexibility index (Phi) is 5.00. The summed E-state index contributed by atoms with van der Waals surface area (Å²) in [4.78, 5) is 12.8. The highest BCUT2D eigenvalue weighted by Gasteiger charge is 2.40. The molecule has 2 fully saturated rings. The monoisotopic (exact) mass is 319 g/mol. The van der Waals surface area contributed by atoms with E-state index in [-0.39, 0.29) is 23.2 Å². The van der Waals surface area contributed by atoms with E-state index in [1.807, 2.05) is 12.1 Å². The number of benzene rings is 1. The second-order valence-corrected chi connectivity index (χ2v) is 6.98. The van der Waals surface area contributed by atoms with Gasteiger partial charge in [0.2, 0.25) is 5.91 Å². The topological polar surface area (TPSA) is 38.3 Å². The summed E-state index contributed by atoms with van der Waals surface area (Å²) in [5, 5.41) is 3.28. The molecule has 4 heteroatoms. The van der Waals surface area contributed by atoms with Crippen LogP contribution in [-0.4, -0.2) is 25.2 Å². The summed E-state index contributed by atoms with van der Waals surface area (Å²) in [5.74, 6) is 0.433. The molecule has 126 valence electrons. The first-order valence-electron chi connectivity index (χ1n) is 8.77. The van der Waals surface area contributed by atoms with Crippen LogP contribution in [0.4, 0.5) is 4.39 Å². The third kappa shape index (κ3) is 3.57. The predicted octanol–water partition coefficient (Wildman–Crippen LogP) is 3.78. The van der Waals surface area contributed by atoms with Crippen LogP contribution in [0.2, 0.25) is 0 Å². The Balaban J connectivity index is 1.59. The lowest BCUT2D eigenvalue weighted by Crippen LogP contribution is -2.47. The van der Waals surface area contributed by atoms with E-state index in [1.165, 1.54) is 17.7 Å². The van der Waals surface area contributed by atoms with Crippen molar-refractivity contribution >= 4 is 5.91 Å². The first-order chi connectivity index (χ1) is 11.1. The van der Waals surface area contributed by atoms with Crippen molar-refractivity contribution in [1.29, 1.82) is 0 Å². The Labute approximate surface area is 137 Å². The molecule has 1 aromatic rings. The lowest BCUT2D eigenvalue weighted by Gasteiger charge is -2.35. The molecular formula is C19H26FNO2. The first-order valence-corrected chi connectivity index (χ1v) is 8.77. The normalized spacial score (nSPS) is 26.9. The summed E-state index contributed by atoms with van der Waals surface area (Å²) in [6, 6.07) is 7.03. The summed E-state index contributed by atoms with van der Waals surface area (Å²) in [6.07, 6.45) is 5.53. The average molecular weight is 319 g/mol. The van der Waals surface area contributed by atoms with Crippen LogP contribution >= 0.6 is 0 Å². The maximum atomic E-state index is 13.0. The first kappa shape index (κ1) is 16.4. The quantitative estimate of drug-likeness (QED) is 0.917. The molecule has 1 N–H and O–H groups in total. The molecule has 23 heavy (non-hydrogen) atoms. The fraction of sp³-hybridized carbons (Fsp3) is 0.632. The molecule has 0 bridgehead atoms. The van der Waals surface area contributed by atoms with Crippen molar-refractivity contribution in [3.8, 4) is 0 Å². The number of rotatable bonds is 4. The van der Waals surface area contributed by atoms with E-state index in [2.05, 4.69) is 12.2 Å². The molecule has 1 saturated heterocycles. The Morgan fingerprint density at radius 3 is 2.61 bits per heavy atom. The predicted molar refractivity (Wildman–Crippen MR) is 87.7 cm³/mol. The van der Waals surface area contributed by atoms with Gasteiger partial charge in [0.1, 0.15) is 5.82 Å². The molecule has 0 aromatic heterocycles. The smallest absolute Gasteiger partial charge is 0.226 e. The lowest BCUT2D eigenvalue weighted by atomic mass is 9.77. The molecule has 1 heterocycles. The van der Waals surface area contributed by atoms with Gasteiger partial charge in [-0.15, -0.1) is 0 Å². The summed E-state index contributed by atoms with van der Waals surface area (Å²) < 4.78 is 18.5. The van der Waals surface area contributed by atoms with Gasteiger partial charge in [-0.2, -0.15) is 0 Å². The largest absolute Gasteiger partial charge is 0.381 e. The van der Waals surface area contributed by atoms with Crippen LogP contribution in [0.3, 0.4) is 0 Å². The van der Waals surface area contributed by atoms with Crippen LogP contribution in [0, 0.1) is 11.2 Å². The molecule has 0 spiro atoms. The van der Waals surface area contributed by atoms with Gasteiger partial charge in [-0.05, 0) is 62.1 Å². The molecule has 3 nitrogen and oxygen atoms in total. The van der Waals surface area contributed by atoms with Gasteiger partial charge < -0.3 is 10.1 Å². The zero-order valence-corrected chi connectivity index (χ0v) is 13.8. The highest BCUT2D eigenvalue weighted by atomic mass is 19.1. The molecule has 2 atom stereocenters.